The van der Waals surface area contributed by atoms with E-state index in [9.17, 15) is 8.78 Å². The molecule has 0 amide bonds. The van der Waals surface area contributed by atoms with Gasteiger partial charge in [-0.2, -0.15) is 0 Å². The van der Waals surface area contributed by atoms with Crippen molar-refractivity contribution in [1.29, 1.82) is 0 Å². The smallest absolute Gasteiger partial charge is 0.162 e. The Labute approximate surface area is 152 Å². The molecule has 0 saturated carbocycles. The fraction of sp³-hybridized carbons (Fsp3) is 0.476. The molecule has 3 atom stereocenters. The van der Waals surface area contributed by atoms with Crippen molar-refractivity contribution < 1.29 is 8.78 Å². The average molecular weight is 355 g/mol. The fourth-order valence-corrected chi connectivity index (χ4v) is 5.52. The number of pyridine rings is 1. The number of piperidine rings is 3. The minimum atomic E-state index is -0.734. The van der Waals surface area contributed by atoms with Crippen molar-refractivity contribution in [3.8, 4) is 0 Å². The molecule has 1 aromatic carbocycles. The molecule has 2 bridgehead atoms. The second-order valence-corrected chi connectivity index (χ2v) is 7.89. The number of nitrogens with zero attached hydrogens (tertiary/aromatic N) is 3. The highest BCUT2D eigenvalue weighted by Gasteiger charge is 2.53. The van der Waals surface area contributed by atoms with Crippen LogP contribution in [0.15, 0.2) is 42.7 Å². The van der Waals surface area contributed by atoms with Gasteiger partial charge in [-0.25, -0.2) is 8.78 Å². The Bertz CT molecular complexity index is 789. The maximum atomic E-state index is 14.6. The number of benzene rings is 1. The molecule has 0 unspecified atom stereocenters. The van der Waals surface area contributed by atoms with Gasteiger partial charge in [-0.3, -0.25) is 14.8 Å². The van der Waals surface area contributed by atoms with Gasteiger partial charge < -0.3 is 0 Å². The van der Waals surface area contributed by atoms with E-state index in [4.69, 9.17) is 0 Å². The molecule has 6 rings (SSSR count). The maximum absolute atomic E-state index is 14.6. The first-order valence-electron chi connectivity index (χ1n) is 9.53. The van der Waals surface area contributed by atoms with Crippen molar-refractivity contribution in [3.63, 3.8) is 0 Å². The number of hydrogen-bond acceptors (Lipinski definition) is 3. The largest absolute Gasteiger partial charge is 0.298 e. The lowest BCUT2D eigenvalue weighted by Crippen LogP contribution is -2.60. The summed E-state index contributed by atoms with van der Waals surface area (Å²) in [5.41, 5.74) is 1.78. The molecule has 136 valence electrons. The zero-order valence-corrected chi connectivity index (χ0v) is 14.7. The molecule has 26 heavy (non-hydrogen) atoms. The van der Waals surface area contributed by atoms with E-state index in [0.717, 1.165) is 26.2 Å². The summed E-state index contributed by atoms with van der Waals surface area (Å²) < 4.78 is 28.5. The zero-order valence-electron chi connectivity index (χ0n) is 14.7. The van der Waals surface area contributed by atoms with E-state index in [2.05, 4.69) is 14.8 Å². The van der Waals surface area contributed by atoms with Gasteiger partial charge in [0.2, 0.25) is 0 Å². The Kier molecular flexibility index (Phi) is 4.02. The number of halogens is 2. The summed E-state index contributed by atoms with van der Waals surface area (Å²) >= 11 is 0. The molecule has 2 aromatic rings. The molecule has 3 nitrogen and oxygen atoms in total. The van der Waals surface area contributed by atoms with Gasteiger partial charge in [-0.05, 0) is 61.2 Å². The average Bonchev–Trinajstić information content (AvgIpc) is 3.07. The SMILES string of the molecule is Fc1cccc([C@@H]2CN(Cc3ccncc3)[C@@H]3C4CCN(CC4)[C@@H]32)c1F. The zero-order chi connectivity index (χ0) is 17.7. The van der Waals surface area contributed by atoms with E-state index in [0.29, 0.717) is 23.6 Å². The lowest BCUT2D eigenvalue weighted by Gasteiger charge is -2.51. The highest BCUT2D eigenvalue weighted by atomic mass is 19.2. The second kappa shape index (κ2) is 6.39. The molecule has 0 aliphatic carbocycles. The van der Waals surface area contributed by atoms with E-state index < -0.39 is 11.6 Å². The predicted octanol–water partition coefficient (Wildman–Crippen LogP) is 3.42. The Morgan fingerprint density at radius 3 is 2.54 bits per heavy atom. The highest BCUT2D eigenvalue weighted by Crippen LogP contribution is 2.47. The number of likely N-dealkylation sites (tertiary alicyclic amines) is 1. The monoisotopic (exact) mass is 355 g/mol. The van der Waals surface area contributed by atoms with Crippen LogP contribution in [0.3, 0.4) is 0 Å². The summed E-state index contributed by atoms with van der Waals surface area (Å²) in [4.78, 5) is 9.13. The van der Waals surface area contributed by atoms with E-state index >= 15 is 0 Å². The lowest BCUT2D eigenvalue weighted by molar-refractivity contribution is -0.00888. The minimum Gasteiger partial charge on any atom is -0.298 e. The van der Waals surface area contributed by atoms with E-state index in [1.165, 1.54) is 24.5 Å². The Morgan fingerprint density at radius 2 is 1.77 bits per heavy atom. The van der Waals surface area contributed by atoms with Crippen molar-refractivity contribution in [3.05, 3.63) is 65.5 Å². The summed E-state index contributed by atoms with van der Waals surface area (Å²) in [6, 6.07) is 9.45. The second-order valence-electron chi connectivity index (χ2n) is 7.89. The van der Waals surface area contributed by atoms with Crippen molar-refractivity contribution in [2.75, 3.05) is 19.6 Å². The van der Waals surface area contributed by atoms with Gasteiger partial charge in [0.05, 0.1) is 0 Å². The molecule has 4 aliphatic rings. The van der Waals surface area contributed by atoms with Gasteiger partial charge in [0.25, 0.3) is 0 Å². The molecule has 5 heterocycles. The minimum absolute atomic E-state index is 0.0284. The standard InChI is InChI=1S/C21H23F2N3/c22-18-3-1-2-16(19(18)23)17-13-26(12-14-4-8-24-9-5-14)20-15-6-10-25(11-7-15)21(17)20/h1-5,8-9,15,17,20-21H,6-7,10-13H2/t17-,20+,21+/m0/s1. The van der Waals surface area contributed by atoms with Crippen LogP contribution < -0.4 is 0 Å². The third-order valence-electron chi connectivity index (χ3n) is 6.61. The summed E-state index contributed by atoms with van der Waals surface area (Å²) in [6.45, 7) is 3.80. The molecule has 4 aliphatic heterocycles. The quantitative estimate of drug-likeness (QED) is 0.841. The van der Waals surface area contributed by atoms with Gasteiger partial charge in [-0.1, -0.05) is 12.1 Å². The van der Waals surface area contributed by atoms with Crippen LogP contribution in [-0.4, -0.2) is 46.5 Å². The van der Waals surface area contributed by atoms with Crippen molar-refractivity contribution in [2.45, 2.75) is 37.4 Å². The van der Waals surface area contributed by atoms with Crippen LogP contribution in [0.1, 0.15) is 29.9 Å². The van der Waals surface area contributed by atoms with E-state index in [1.807, 2.05) is 24.5 Å². The first-order valence-corrected chi connectivity index (χ1v) is 9.53. The first-order chi connectivity index (χ1) is 12.7. The molecule has 0 N–H and O–H groups in total. The number of aromatic nitrogens is 1. The third-order valence-corrected chi connectivity index (χ3v) is 6.61. The van der Waals surface area contributed by atoms with Crippen LogP contribution in [0.25, 0.3) is 0 Å². The van der Waals surface area contributed by atoms with Crippen LogP contribution >= 0.6 is 0 Å². The summed E-state index contributed by atoms with van der Waals surface area (Å²) in [6.07, 6.45) is 6.07. The van der Waals surface area contributed by atoms with E-state index in [-0.39, 0.29) is 5.92 Å². The third kappa shape index (κ3) is 2.57. The highest BCUT2D eigenvalue weighted by molar-refractivity contribution is 5.29. The lowest BCUT2D eigenvalue weighted by atomic mass is 9.75. The molecule has 4 saturated heterocycles. The van der Waals surface area contributed by atoms with Gasteiger partial charge in [0.15, 0.2) is 11.6 Å². The fourth-order valence-electron chi connectivity index (χ4n) is 5.52. The molecule has 5 heteroatoms. The molecule has 0 radical (unpaired) electrons. The number of fused-ring (bicyclic) bond motifs is 2. The van der Waals surface area contributed by atoms with Gasteiger partial charge in [0, 0.05) is 43.5 Å². The number of rotatable bonds is 3. The van der Waals surface area contributed by atoms with Crippen molar-refractivity contribution in [1.82, 2.24) is 14.8 Å². The van der Waals surface area contributed by atoms with Crippen LogP contribution in [0.2, 0.25) is 0 Å². The Balaban J connectivity index is 1.51. The topological polar surface area (TPSA) is 19.4 Å². The van der Waals surface area contributed by atoms with E-state index in [1.54, 1.807) is 12.1 Å². The summed E-state index contributed by atoms with van der Waals surface area (Å²) in [7, 11) is 0. The Morgan fingerprint density at radius 1 is 1.00 bits per heavy atom. The van der Waals surface area contributed by atoms with Crippen molar-refractivity contribution in [2.24, 2.45) is 5.92 Å². The molecular formula is C21H23F2N3. The molecule has 0 spiro atoms. The van der Waals surface area contributed by atoms with Gasteiger partial charge >= 0.3 is 0 Å². The number of hydrogen-bond donors (Lipinski definition) is 0. The van der Waals surface area contributed by atoms with Crippen LogP contribution in [-0.2, 0) is 6.54 Å². The van der Waals surface area contributed by atoms with Crippen LogP contribution in [0.5, 0.6) is 0 Å². The normalized spacial score (nSPS) is 33.4. The molecule has 4 fully saturated rings. The molecule has 1 aromatic heterocycles. The summed E-state index contributed by atoms with van der Waals surface area (Å²) in [5.74, 6) is -0.707. The maximum Gasteiger partial charge on any atom is 0.162 e. The van der Waals surface area contributed by atoms with Crippen LogP contribution in [0.4, 0.5) is 8.78 Å². The van der Waals surface area contributed by atoms with Gasteiger partial charge in [-0.15, -0.1) is 0 Å². The van der Waals surface area contributed by atoms with Crippen LogP contribution in [0, 0.1) is 17.6 Å². The predicted molar refractivity (Wildman–Crippen MR) is 95.6 cm³/mol. The summed E-state index contributed by atoms with van der Waals surface area (Å²) in [5, 5.41) is 0. The van der Waals surface area contributed by atoms with Crippen molar-refractivity contribution >= 4 is 0 Å². The molecular weight excluding hydrogens is 332 g/mol. The Hall–Kier alpha value is -1.85. The first kappa shape index (κ1) is 16.3. The van der Waals surface area contributed by atoms with Gasteiger partial charge in [0.1, 0.15) is 0 Å².